The van der Waals surface area contributed by atoms with E-state index < -0.39 is 0 Å². The Morgan fingerprint density at radius 1 is 1.32 bits per heavy atom. The molecule has 0 saturated carbocycles. The van der Waals surface area contributed by atoms with Gasteiger partial charge in [0.25, 0.3) is 0 Å². The summed E-state index contributed by atoms with van der Waals surface area (Å²) in [4.78, 5) is 2.41. The molecule has 1 aromatic heterocycles. The van der Waals surface area contributed by atoms with Crippen LogP contribution in [0.1, 0.15) is 24.7 Å². The maximum atomic E-state index is 6.08. The van der Waals surface area contributed by atoms with Gasteiger partial charge in [-0.3, -0.25) is 0 Å². The van der Waals surface area contributed by atoms with Crippen molar-refractivity contribution in [2.75, 3.05) is 0 Å². The van der Waals surface area contributed by atoms with Crippen molar-refractivity contribution < 1.29 is 4.42 Å². The second-order valence-corrected chi connectivity index (χ2v) is 6.57. The van der Waals surface area contributed by atoms with E-state index in [1.54, 1.807) is 18.0 Å². The molecule has 2 nitrogen and oxygen atoms in total. The average molecular weight is 340 g/mol. The molecule has 0 aliphatic rings. The van der Waals surface area contributed by atoms with Crippen molar-refractivity contribution in [3.05, 3.63) is 46.3 Å². The first kappa shape index (κ1) is 14.7. The van der Waals surface area contributed by atoms with Crippen LogP contribution in [-0.2, 0) is 6.42 Å². The van der Waals surface area contributed by atoms with Crippen molar-refractivity contribution in [3.63, 3.8) is 0 Å². The van der Waals surface area contributed by atoms with Gasteiger partial charge in [-0.15, -0.1) is 0 Å². The Morgan fingerprint density at radius 2 is 2.11 bits per heavy atom. The van der Waals surface area contributed by atoms with E-state index in [0.717, 1.165) is 28.0 Å². The smallest absolute Gasteiger partial charge is 0.114 e. The van der Waals surface area contributed by atoms with E-state index in [-0.39, 0.29) is 6.04 Å². The molecule has 0 saturated heterocycles. The van der Waals surface area contributed by atoms with Gasteiger partial charge in [-0.25, -0.2) is 0 Å². The number of hydrogen-bond acceptors (Lipinski definition) is 3. The summed E-state index contributed by atoms with van der Waals surface area (Å²) >= 11 is 5.27. The minimum atomic E-state index is 0.207. The first-order valence-electron chi connectivity index (χ1n) is 6.36. The first-order valence-corrected chi connectivity index (χ1v) is 7.97. The molecule has 0 fully saturated rings. The maximum Gasteiger partial charge on any atom is 0.114 e. The minimum Gasteiger partial charge on any atom is -0.468 e. The van der Waals surface area contributed by atoms with Crippen LogP contribution in [0.5, 0.6) is 0 Å². The van der Waals surface area contributed by atoms with Gasteiger partial charge in [0.1, 0.15) is 5.76 Å². The number of rotatable bonds is 5. The van der Waals surface area contributed by atoms with Crippen LogP contribution in [0.15, 0.2) is 49.2 Å². The molecule has 0 bridgehead atoms. The Kier molecular flexibility index (Phi) is 5.13. The Bertz CT molecular complexity index is 553. The predicted octanol–water partition coefficient (Wildman–Crippen LogP) is 4.78. The Labute approximate surface area is 126 Å². The van der Waals surface area contributed by atoms with Gasteiger partial charge in [-0.1, -0.05) is 34.6 Å². The lowest BCUT2D eigenvalue weighted by molar-refractivity contribution is 0.527. The number of nitrogens with two attached hydrogens (primary N) is 1. The molecule has 1 aromatic carbocycles. The molecule has 0 radical (unpaired) electrons. The van der Waals surface area contributed by atoms with Crippen molar-refractivity contribution in [3.8, 4) is 0 Å². The molecular weight excluding hydrogens is 322 g/mol. The summed E-state index contributed by atoms with van der Waals surface area (Å²) in [5.74, 6) is 0.957. The van der Waals surface area contributed by atoms with Gasteiger partial charge in [-0.05, 0) is 49.6 Å². The van der Waals surface area contributed by atoms with E-state index in [1.165, 1.54) is 10.5 Å². The van der Waals surface area contributed by atoms with Crippen molar-refractivity contribution in [1.29, 1.82) is 0 Å². The van der Waals surface area contributed by atoms with Crippen LogP contribution < -0.4 is 5.73 Å². The van der Waals surface area contributed by atoms with Crippen LogP contribution in [0.25, 0.3) is 0 Å². The third-order valence-electron chi connectivity index (χ3n) is 3.06. The summed E-state index contributed by atoms with van der Waals surface area (Å²) in [7, 11) is 0. The zero-order valence-electron chi connectivity index (χ0n) is 11.2. The van der Waals surface area contributed by atoms with Crippen molar-refractivity contribution in [2.24, 2.45) is 5.73 Å². The molecule has 1 unspecified atom stereocenters. The van der Waals surface area contributed by atoms with Crippen LogP contribution in [0.2, 0.25) is 0 Å². The van der Waals surface area contributed by atoms with E-state index in [2.05, 4.69) is 41.1 Å². The van der Waals surface area contributed by atoms with Crippen LogP contribution in [0.3, 0.4) is 0 Å². The second-order valence-electron chi connectivity index (χ2n) is 4.57. The predicted molar refractivity (Wildman–Crippen MR) is 83.7 cm³/mol. The fourth-order valence-corrected chi connectivity index (χ4v) is 3.20. The molecule has 0 spiro atoms. The van der Waals surface area contributed by atoms with Gasteiger partial charge in [0.2, 0.25) is 0 Å². The maximum absolute atomic E-state index is 6.08. The van der Waals surface area contributed by atoms with Crippen LogP contribution in [0, 0.1) is 6.92 Å². The minimum absolute atomic E-state index is 0.207. The summed E-state index contributed by atoms with van der Waals surface area (Å²) in [6.45, 7) is 4.11. The molecule has 2 aromatic rings. The topological polar surface area (TPSA) is 39.2 Å². The van der Waals surface area contributed by atoms with Gasteiger partial charge in [0.15, 0.2) is 0 Å². The molecule has 2 N–H and O–H groups in total. The highest BCUT2D eigenvalue weighted by molar-refractivity contribution is 9.10. The summed E-state index contributed by atoms with van der Waals surface area (Å²) in [6.07, 6.45) is 3.62. The summed E-state index contributed by atoms with van der Waals surface area (Å²) < 4.78 is 6.44. The normalized spacial score (nSPS) is 12.6. The molecule has 0 aliphatic heterocycles. The number of hydrogen-bond donors (Lipinski definition) is 1. The fraction of sp³-hybridized carbons (Fsp3) is 0.333. The lowest BCUT2D eigenvalue weighted by Crippen LogP contribution is -2.21. The lowest BCUT2D eigenvalue weighted by Gasteiger charge is -2.13. The van der Waals surface area contributed by atoms with Crippen molar-refractivity contribution >= 4 is 27.7 Å². The SMILES string of the molecule is CCC(N)Cc1cc(Br)ccc1Sc1ccoc1C. The standard InChI is InChI=1S/C15H18BrNOS/c1-3-13(17)9-11-8-12(16)4-5-15(11)19-14-6-7-18-10(14)2/h4-8,13H,3,9,17H2,1-2H3. The highest BCUT2D eigenvalue weighted by Gasteiger charge is 2.11. The average Bonchev–Trinajstić information content (AvgIpc) is 2.78. The molecule has 1 heterocycles. The highest BCUT2D eigenvalue weighted by Crippen LogP contribution is 2.35. The zero-order chi connectivity index (χ0) is 13.8. The van der Waals surface area contributed by atoms with E-state index >= 15 is 0 Å². The van der Waals surface area contributed by atoms with Crippen molar-refractivity contribution in [1.82, 2.24) is 0 Å². The first-order chi connectivity index (χ1) is 9.10. The van der Waals surface area contributed by atoms with Gasteiger partial charge >= 0.3 is 0 Å². The van der Waals surface area contributed by atoms with Crippen molar-refractivity contribution in [2.45, 2.75) is 42.5 Å². The molecule has 0 amide bonds. The molecule has 0 aliphatic carbocycles. The Morgan fingerprint density at radius 3 is 2.74 bits per heavy atom. The molecule has 4 heteroatoms. The van der Waals surface area contributed by atoms with Gasteiger partial charge < -0.3 is 10.2 Å². The third-order valence-corrected chi connectivity index (χ3v) is 4.82. The second kappa shape index (κ2) is 6.64. The van der Waals surface area contributed by atoms with E-state index in [1.807, 2.05) is 13.0 Å². The number of benzene rings is 1. The molecule has 102 valence electrons. The monoisotopic (exact) mass is 339 g/mol. The Hall–Kier alpha value is -0.710. The third kappa shape index (κ3) is 3.88. The van der Waals surface area contributed by atoms with Crippen LogP contribution in [-0.4, -0.2) is 6.04 Å². The van der Waals surface area contributed by atoms with Crippen LogP contribution >= 0.6 is 27.7 Å². The van der Waals surface area contributed by atoms with Crippen LogP contribution in [0.4, 0.5) is 0 Å². The van der Waals surface area contributed by atoms with Gasteiger partial charge in [0.05, 0.1) is 11.2 Å². The molecular formula is C15H18BrNOS. The molecule has 2 rings (SSSR count). The largest absolute Gasteiger partial charge is 0.468 e. The Balaban J connectivity index is 2.26. The lowest BCUT2D eigenvalue weighted by atomic mass is 10.1. The van der Waals surface area contributed by atoms with Gasteiger partial charge in [0, 0.05) is 15.4 Å². The highest BCUT2D eigenvalue weighted by atomic mass is 79.9. The zero-order valence-corrected chi connectivity index (χ0v) is 13.6. The van der Waals surface area contributed by atoms with E-state index in [0.29, 0.717) is 0 Å². The number of halogens is 1. The molecule has 19 heavy (non-hydrogen) atoms. The number of furan rings is 1. The fourth-order valence-electron chi connectivity index (χ4n) is 1.83. The van der Waals surface area contributed by atoms with E-state index in [9.17, 15) is 0 Å². The van der Waals surface area contributed by atoms with Gasteiger partial charge in [-0.2, -0.15) is 0 Å². The molecule has 1 atom stereocenters. The summed E-state index contributed by atoms with van der Waals surface area (Å²) in [5.41, 5.74) is 7.37. The van der Waals surface area contributed by atoms with E-state index in [4.69, 9.17) is 10.2 Å². The number of aryl methyl sites for hydroxylation is 1. The summed E-state index contributed by atoms with van der Waals surface area (Å²) in [5, 5.41) is 0. The quantitative estimate of drug-likeness (QED) is 0.851. The summed E-state index contributed by atoms with van der Waals surface area (Å²) in [6, 6.07) is 8.58.